The average molecular weight is 401 g/mol. The van der Waals surface area contributed by atoms with Gasteiger partial charge in [-0.05, 0) is 55.7 Å². The standard InChI is InChI=1S/C22H22F3N3O/c1-28-19-8-3-2-7-18(19)27-20(28)14-9-11-17(12-10-14)26-21(29)15-5-4-6-16(13-15)22(23,24)25/h2-3,7-12,15-16H,4-6,13H2,1H3,(H,26,29). The van der Waals surface area contributed by atoms with E-state index in [1.54, 1.807) is 12.1 Å². The second-order valence-electron chi connectivity index (χ2n) is 7.65. The highest BCUT2D eigenvalue weighted by molar-refractivity contribution is 5.93. The van der Waals surface area contributed by atoms with Gasteiger partial charge in [-0.3, -0.25) is 4.79 Å². The average Bonchev–Trinajstić information content (AvgIpc) is 3.05. The first-order chi connectivity index (χ1) is 13.8. The number of carbonyl (C=O) groups is 1. The molecule has 1 aliphatic carbocycles. The van der Waals surface area contributed by atoms with Crippen LogP contribution in [0.5, 0.6) is 0 Å². The lowest BCUT2D eigenvalue weighted by molar-refractivity contribution is -0.185. The number of aryl methyl sites for hydroxylation is 1. The van der Waals surface area contributed by atoms with Crippen LogP contribution in [0.25, 0.3) is 22.4 Å². The van der Waals surface area contributed by atoms with Crippen molar-refractivity contribution in [1.82, 2.24) is 9.55 Å². The Morgan fingerprint density at radius 3 is 2.52 bits per heavy atom. The van der Waals surface area contributed by atoms with E-state index in [0.717, 1.165) is 22.4 Å². The van der Waals surface area contributed by atoms with Crippen LogP contribution in [-0.2, 0) is 11.8 Å². The first-order valence-electron chi connectivity index (χ1n) is 9.72. The molecular formula is C22H22F3N3O. The van der Waals surface area contributed by atoms with Gasteiger partial charge < -0.3 is 9.88 Å². The van der Waals surface area contributed by atoms with Gasteiger partial charge in [0, 0.05) is 24.2 Å². The molecule has 4 rings (SSSR count). The summed E-state index contributed by atoms with van der Waals surface area (Å²) in [6.45, 7) is 0. The lowest BCUT2D eigenvalue weighted by Gasteiger charge is -2.29. The van der Waals surface area contributed by atoms with Crippen LogP contribution in [0.2, 0.25) is 0 Å². The number of benzene rings is 2. The molecule has 0 spiro atoms. The summed E-state index contributed by atoms with van der Waals surface area (Å²) in [4.78, 5) is 17.1. The maximum atomic E-state index is 13.0. The van der Waals surface area contributed by atoms with Crippen LogP contribution in [0.3, 0.4) is 0 Å². The Kier molecular flexibility index (Phi) is 5.06. The summed E-state index contributed by atoms with van der Waals surface area (Å²) in [6, 6.07) is 15.1. The maximum absolute atomic E-state index is 13.0. The summed E-state index contributed by atoms with van der Waals surface area (Å²) in [6.07, 6.45) is -3.33. The number of hydrogen-bond acceptors (Lipinski definition) is 2. The Bertz CT molecular complexity index is 1020. The smallest absolute Gasteiger partial charge is 0.327 e. The van der Waals surface area contributed by atoms with Crippen molar-refractivity contribution in [3.05, 3.63) is 48.5 Å². The molecule has 1 saturated carbocycles. The van der Waals surface area contributed by atoms with Crippen molar-refractivity contribution < 1.29 is 18.0 Å². The van der Waals surface area contributed by atoms with E-state index in [-0.39, 0.29) is 18.7 Å². The van der Waals surface area contributed by atoms with E-state index < -0.39 is 18.0 Å². The highest BCUT2D eigenvalue weighted by atomic mass is 19.4. The first kappa shape index (κ1) is 19.5. The molecule has 2 atom stereocenters. The zero-order valence-corrected chi connectivity index (χ0v) is 16.0. The van der Waals surface area contributed by atoms with Gasteiger partial charge in [0.25, 0.3) is 0 Å². The summed E-state index contributed by atoms with van der Waals surface area (Å²) in [5.41, 5.74) is 3.40. The van der Waals surface area contributed by atoms with E-state index in [0.29, 0.717) is 18.5 Å². The van der Waals surface area contributed by atoms with Gasteiger partial charge in [-0.2, -0.15) is 13.2 Å². The Hall–Kier alpha value is -2.83. The molecule has 4 nitrogen and oxygen atoms in total. The normalized spacial score (nSPS) is 20.0. The summed E-state index contributed by atoms with van der Waals surface area (Å²) in [5, 5.41) is 2.77. The van der Waals surface area contributed by atoms with Gasteiger partial charge in [0.15, 0.2) is 0 Å². The number of alkyl halides is 3. The SMILES string of the molecule is Cn1c(-c2ccc(NC(=O)C3CCCC(C(F)(F)F)C3)cc2)nc2ccccc21. The maximum Gasteiger partial charge on any atom is 0.391 e. The number of aromatic nitrogens is 2. The van der Waals surface area contributed by atoms with Crippen molar-refractivity contribution >= 4 is 22.6 Å². The molecule has 3 aromatic rings. The van der Waals surface area contributed by atoms with Gasteiger partial charge in [-0.25, -0.2) is 4.98 Å². The van der Waals surface area contributed by atoms with Crippen LogP contribution in [0.4, 0.5) is 18.9 Å². The molecule has 2 aromatic carbocycles. The van der Waals surface area contributed by atoms with Crippen LogP contribution in [-0.4, -0.2) is 21.6 Å². The Morgan fingerprint density at radius 2 is 1.83 bits per heavy atom. The number of para-hydroxylation sites is 2. The molecule has 1 aliphatic rings. The molecule has 7 heteroatoms. The fourth-order valence-electron chi connectivity index (χ4n) is 4.08. The Balaban J connectivity index is 1.47. The Labute approximate surface area is 166 Å². The number of imidazole rings is 1. The van der Waals surface area contributed by atoms with Gasteiger partial charge in [0.05, 0.1) is 17.0 Å². The molecule has 0 saturated heterocycles. The van der Waals surface area contributed by atoms with E-state index in [1.807, 2.05) is 48.0 Å². The predicted octanol–water partition coefficient (Wildman–Crippen LogP) is 5.55. The van der Waals surface area contributed by atoms with Gasteiger partial charge in [0.2, 0.25) is 5.91 Å². The lowest BCUT2D eigenvalue weighted by Crippen LogP contribution is -2.34. The molecule has 1 N–H and O–H groups in total. The number of amides is 1. The molecule has 0 aliphatic heterocycles. The van der Waals surface area contributed by atoms with Gasteiger partial charge in [0.1, 0.15) is 5.82 Å². The number of halogens is 3. The number of hydrogen-bond donors (Lipinski definition) is 1. The third kappa shape index (κ3) is 3.99. The number of fused-ring (bicyclic) bond motifs is 1. The fourth-order valence-corrected chi connectivity index (χ4v) is 4.08. The summed E-state index contributed by atoms with van der Waals surface area (Å²) in [5.74, 6) is -1.51. The van der Waals surface area contributed by atoms with Crippen LogP contribution in [0.1, 0.15) is 25.7 Å². The van der Waals surface area contributed by atoms with Gasteiger partial charge in [-0.15, -0.1) is 0 Å². The Morgan fingerprint density at radius 1 is 1.10 bits per heavy atom. The van der Waals surface area contributed by atoms with E-state index in [2.05, 4.69) is 10.3 Å². The topological polar surface area (TPSA) is 46.9 Å². The van der Waals surface area contributed by atoms with E-state index in [9.17, 15) is 18.0 Å². The first-order valence-corrected chi connectivity index (χ1v) is 9.72. The van der Waals surface area contributed by atoms with E-state index >= 15 is 0 Å². The molecular weight excluding hydrogens is 379 g/mol. The largest absolute Gasteiger partial charge is 0.391 e. The second-order valence-corrected chi connectivity index (χ2v) is 7.65. The zero-order valence-electron chi connectivity index (χ0n) is 16.0. The van der Waals surface area contributed by atoms with E-state index in [4.69, 9.17) is 0 Å². The highest BCUT2D eigenvalue weighted by Crippen LogP contribution is 2.40. The molecule has 1 aromatic heterocycles. The molecule has 1 heterocycles. The number of carbonyl (C=O) groups excluding carboxylic acids is 1. The minimum absolute atomic E-state index is 0.111. The quantitative estimate of drug-likeness (QED) is 0.626. The third-order valence-electron chi connectivity index (χ3n) is 5.71. The molecule has 0 bridgehead atoms. The molecule has 0 radical (unpaired) electrons. The molecule has 1 fully saturated rings. The van der Waals surface area contributed by atoms with Crippen molar-refractivity contribution in [3.63, 3.8) is 0 Å². The summed E-state index contributed by atoms with van der Waals surface area (Å²) < 4.78 is 40.9. The monoisotopic (exact) mass is 401 g/mol. The van der Waals surface area contributed by atoms with Crippen molar-refractivity contribution in [2.75, 3.05) is 5.32 Å². The fraction of sp³-hybridized carbons (Fsp3) is 0.364. The van der Waals surface area contributed by atoms with Crippen molar-refractivity contribution in [2.45, 2.75) is 31.9 Å². The minimum atomic E-state index is -4.23. The predicted molar refractivity (Wildman–Crippen MR) is 106 cm³/mol. The number of anilines is 1. The van der Waals surface area contributed by atoms with E-state index in [1.165, 1.54) is 0 Å². The number of nitrogens with zero attached hydrogens (tertiary/aromatic N) is 2. The zero-order chi connectivity index (χ0) is 20.6. The second kappa shape index (κ2) is 7.54. The number of rotatable bonds is 3. The van der Waals surface area contributed by atoms with Gasteiger partial charge in [-0.1, -0.05) is 18.6 Å². The highest BCUT2D eigenvalue weighted by Gasteiger charge is 2.43. The lowest BCUT2D eigenvalue weighted by atomic mass is 9.80. The van der Waals surface area contributed by atoms with Crippen molar-refractivity contribution in [2.24, 2.45) is 18.9 Å². The van der Waals surface area contributed by atoms with Crippen LogP contribution < -0.4 is 5.32 Å². The van der Waals surface area contributed by atoms with Crippen LogP contribution in [0, 0.1) is 11.8 Å². The van der Waals surface area contributed by atoms with Crippen molar-refractivity contribution in [1.29, 1.82) is 0 Å². The minimum Gasteiger partial charge on any atom is -0.327 e. The van der Waals surface area contributed by atoms with Crippen LogP contribution >= 0.6 is 0 Å². The van der Waals surface area contributed by atoms with Gasteiger partial charge >= 0.3 is 6.18 Å². The molecule has 2 unspecified atom stereocenters. The third-order valence-corrected chi connectivity index (χ3v) is 5.71. The molecule has 1 amide bonds. The molecule has 152 valence electrons. The number of nitrogens with one attached hydrogen (secondary N) is 1. The summed E-state index contributed by atoms with van der Waals surface area (Å²) >= 11 is 0. The van der Waals surface area contributed by atoms with Crippen molar-refractivity contribution in [3.8, 4) is 11.4 Å². The van der Waals surface area contributed by atoms with Crippen LogP contribution in [0.15, 0.2) is 48.5 Å². The summed E-state index contributed by atoms with van der Waals surface area (Å²) in [7, 11) is 1.94. The molecule has 29 heavy (non-hydrogen) atoms.